The van der Waals surface area contributed by atoms with Gasteiger partial charge < -0.3 is 15.6 Å². The third kappa shape index (κ3) is 3.92. The third-order valence-electron chi connectivity index (χ3n) is 2.74. The smallest absolute Gasteiger partial charge is 0.323 e. The summed E-state index contributed by atoms with van der Waals surface area (Å²) in [6, 6.07) is 4.22. The number of rotatable bonds is 6. The second-order valence-electron chi connectivity index (χ2n) is 4.53. The van der Waals surface area contributed by atoms with Gasteiger partial charge >= 0.3 is 5.97 Å². The van der Waals surface area contributed by atoms with E-state index in [1.165, 1.54) is 25.1 Å². The normalized spacial score (nSPS) is 13.6. The molecule has 1 atom stereocenters. The van der Waals surface area contributed by atoms with E-state index in [1.54, 1.807) is 6.92 Å². The zero-order chi connectivity index (χ0) is 14.6. The number of nitrogens with zero attached hydrogens (tertiary/aromatic N) is 1. The monoisotopic (exact) mass is 268 g/mol. The molecule has 0 aliphatic heterocycles. The largest absolute Gasteiger partial charge is 0.493 e. The first-order valence-corrected chi connectivity index (χ1v) is 5.64. The highest BCUT2D eigenvalue weighted by atomic mass is 16.6. The van der Waals surface area contributed by atoms with Gasteiger partial charge in [-0.2, -0.15) is 0 Å². The molecule has 0 spiro atoms. The molecule has 0 bridgehead atoms. The van der Waals surface area contributed by atoms with Crippen molar-refractivity contribution >= 4 is 11.7 Å². The first kappa shape index (κ1) is 14.9. The summed E-state index contributed by atoms with van der Waals surface area (Å²) in [4.78, 5) is 20.9. The maximum Gasteiger partial charge on any atom is 0.323 e. The molecule has 7 nitrogen and oxygen atoms in total. The summed E-state index contributed by atoms with van der Waals surface area (Å²) in [5.41, 5.74) is 4.80. The molecule has 3 N–H and O–H groups in total. The van der Waals surface area contributed by atoms with Gasteiger partial charge in [-0.15, -0.1) is 0 Å². The number of nitrogens with two attached hydrogens (primary N) is 1. The van der Waals surface area contributed by atoms with Crippen molar-refractivity contribution < 1.29 is 19.6 Å². The second-order valence-corrected chi connectivity index (χ2v) is 4.53. The lowest BCUT2D eigenvalue weighted by Gasteiger charge is -2.19. The first-order valence-electron chi connectivity index (χ1n) is 5.64. The standard InChI is InChI=1S/C12H16N2O5/c1-8-7-9(14(17)18)3-4-10(8)19-6-5-12(2,13)11(15)16/h3-4,7H,5-6,13H2,1-2H3,(H,15,16). The van der Waals surface area contributed by atoms with Gasteiger partial charge in [0.15, 0.2) is 0 Å². The van der Waals surface area contributed by atoms with Crippen LogP contribution in [-0.2, 0) is 4.79 Å². The van der Waals surface area contributed by atoms with Crippen LogP contribution in [0.5, 0.6) is 5.75 Å². The van der Waals surface area contributed by atoms with E-state index < -0.39 is 16.4 Å². The molecule has 104 valence electrons. The minimum absolute atomic E-state index is 0.0148. The number of nitro benzene ring substituents is 1. The number of nitro groups is 1. The molecule has 0 aliphatic rings. The van der Waals surface area contributed by atoms with Crippen LogP contribution >= 0.6 is 0 Å². The van der Waals surface area contributed by atoms with Crippen molar-refractivity contribution in [2.75, 3.05) is 6.61 Å². The highest BCUT2D eigenvalue weighted by molar-refractivity contribution is 5.77. The van der Waals surface area contributed by atoms with E-state index in [0.29, 0.717) is 11.3 Å². The highest BCUT2D eigenvalue weighted by Gasteiger charge is 2.27. The summed E-state index contributed by atoms with van der Waals surface area (Å²) >= 11 is 0. The van der Waals surface area contributed by atoms with E-state index in [1.807, 2.05) is 0 Å². The highest BCUT2D eigenvalue weighted by Crippen LogP contribution is 2.23. The number of aliphatic carboxylic acids is 1. The average molecular weight is 268 g/mol. The summed E-state index contributed by atoms with van der Waals surface area (Å²) in [6.45, 7) is 3.21. The number of hydrogen-bond donors (Lipinski definition) is 2. The van der Waals surface area contributed by atoms with E-state index in [9.17, 15) is 14.9 Å². The van der Waals surface area contributed by atoms with Crippen molar-refractivity contribution in [2.24, 2.45) is 5.73 Å². The van der Waals surface area contributed by atoms with Crippen molar-refractivity contribution in [1.82, 2.24) is 0 Å². The van der Waals surface area contributed by atoms with Gasteiger partial charge in [-0.25, -0.2) is 0 Å². The van der Waals surface area contributed by atoms with Gasteiger partial charge in [0, 0.05) is 18.6 Å². The Morgan fingerprint density at radius 1 is 1.58 bits per heavy atom. The molecule has 1 aromatic rings. The number of benzene rings is 1. The minimum Gasteiger partial charge on any atom is -0.493 e. The molecule has 0 saturated heterocycles. The lowest BCUT2D eigenvalue weighted by molar-refractivity contribution is -0.384. The fourth-order valence-electron chi connectivity index (χ4n) is 1.39. The Labute approximate surface area is 110 Å². The summed E-state index contributed by atoms with van der Waals surface area (Å²) in [5, 5.41) is 19.4. The van der Waals surface area contributed by atoms with Crippen molar-refractivity contribution in [2.45, 2.75) is 25.8 Å². The maximum atomic E-state index is 10.8. The third-order valence-corrected chi connectivity index (χ3v) is 2.74. The zero-order valence-corrected chi connectivity index (χ0v) is 10.8. The molecular formula is C12H16N2O5. The van der Waals surface area contributed by atoms with Crippen LogP contribution in [-0.4, -0.2) is 28.1 Å². The van der Waals surface area contributed by atoms with E-state index >= 15 is 0 Å². The molecule has 1 unspecified atom stereocenters. The van der Waals surface area contributed by atoms with Gasteiger partial charge in [0.25, 0.3) is 5.69 Å². The summed E-state index contributed by atoms with van der Waals surface area (Å²) in [5.74, 6) is -0.622. The van der Waals surface area contributed by atoms with E-state index in [-0.39, 0.29) is 18.7 Å². The Morgan fingerprint density at radius 2 is 2.21 bits per heavy atom. The number of hydrogen-bond acceptors (Lipinski definition) is 5. The summed E-state index contributed by atoms with van der Waals surface area (Å²) < 4.78 is 5.39. The molecular weight excluding hydrogens is 252 g/mol. The van der Waals surface area contributed by atoms with Crippen LogP contribution in [0, 0.1) is 17.0 Å². The lowest BCUT2D eigenvalue weighted by Crippen LogP contribution is -2.45. The van der Waals surface area contributed by atoms with Gasteiger partial charge in [-0.1, -0.05) is 0 Å². The number of aryl methyl sites for hydroxylation is 1. The number of carboxylic acids is 1. The number of non-ortho nitro benzene ring substituents is 1. The lowest BCUT2D eigenvalue weighted by atomic mass is 10.0. The van der Waals surface area contributed by atoms with Crippen LogP contribution in [0.15, 0.2) is 18.2 Å². The molecule has 0 fully saturated rings. The molecule has 19 heavy (non-hydrogen) atoms. The van der Waals surface area contributed by atoms with Crippen molar-refractivity contribution in [3.8, 4) is 5.75 Å². The van der Waals surface area contributed by atoms with Crippen LogP contribution in [0.4, 0.5) is 5.69 Å². The van der Waals surface area contributed by atoms with Crippen LogP contribution < -0.4 is 10.5 Å². The summed E-state index contributed by atoms with van der Waals surface area (Å²) in [6.07, 6.45) is 0.138. The Kier molecular flexibility index (Phi) is 4.44. The molecule has 0 heterocycles. The van der Waals surface area contributed by atoms with Crippen molar-refractivity contribution in [3.05, 3.63) is 33.9 Å². The first-order chi connectivity index (χ1) is 8.74. The maximum absolute atomic E-state index is 10.8. The van der Waals surface area contributed by atoms with Crippen molar-refractivity contribution in [1.29, 1.82) is 0 Å². The van der Waals surface area contributed by atoms with Crippen LogP contribution in [0.25, 0.3) is 0 Å². The average Bonchev–Trinajstić information content (AvgIpc) is 2.30. The Morgan fingerprint density at radius 3 is 2.68 bits per heavy atom. The Hall–Kier alpha value is -2.15. The molecule has 0 radical (unpaired) electrons. The van der Waals surface area contributed by atoms with Crippen molar-refractivity contribution in [3.63, 3.8) is 0 Å². The van der Waals surface area contributed by atoms with Gasteiger partial charge in [0.05, 0.1) is 11.5 Å². The topological polar surface area (TPSA) is 116 Å². The van der Waals surface area contributed by atoms with Gasteiger partial charge in [0.1, 0.15) is 11.3 Å². The van der Waals surface area contributed by atoms with Crippen LogP contribution in [0.2, 0.25) is 0 Å². The molecule has 7 heteroatoms. The van der Waals surface area contributed by atoms with Crippen LogP contribution in [0.1, 0.15) is 18.9 Å². The molecule has 1 aromatic carbocycles. The second kappa shape index (κ2) is 5.66. The molecule has 0 amide bonds. The molecule has 0 aliphatic carbocycles. The van der Waals surface area contributed by atoms with Gasteiger partial charge in [-0.05, 0) is 25.5 Å². The fourth-order valence-corrected chi connectivity index (χ4v) is 1.39. The Balaban J connectivity index is 2.64. The van der Waals surface area contributed by atoms with E-state index in [4.69, 9.17) is 15.6 Å². The predicted molar refractivity (Wildman–Crippen MR) is 68.2 cm³/mol. The predicted octanol–water partition coefficient (Wildman–Crippen LogP) is 1.47. The number of carbonyl (C=O) groups is 1. The summed E-state index contributed by atoms with van der Waals surface area (Å²) in [7, 11) is 0. The molecule has 0 aromatic heterocycles. The van der Waals surface area contributed by atoms with Gasteiger partial charge in [-0.3, -0.25) is 14.9 Å². The zero-order valence-electron chi connectivity index (χ0n) is 10.8. The number of carboxylic acid groups (broad SMARTS) is 1. The minimum atomic E-state index is -1.35. The quantitative estimate of drug-likeness (QED) is 0.596. The van der Waals surface area contributed by atoms with Crippen LogP contribution in [0.3, 0.4) is 0 Å². The number of ether oxygens (including phenoxy) is 1. The molecule has 0 saturated carbocycles. The van der Waals surface area contributed by atoms with E-state index in [0.717, 1.165) is 0 Å². The SMILES string of the molecule is Cc1cc([N+](=O)[O-])ccc1OCCC(C)(N)C(=O)O. The van der Waals surface area contributed by atoms with Gasteiger partial charge in [0.2, 0.25) is 0 Å². The fraction of sp³-hybridized carbons (Fsp3) is 0.417. The van der Waals surface area contributed by atoms with E-state index in [2.05, 4.69) is 0 Å². The molecule has 1 rings (SSSR count). The Bertz CT molecular complexity index is 499.